The largest absolute Gasteiger partial charge is 0.459 e. The molecule has 0 amide bonds. The summed E-state index contributed by atoms with van der Waals surface area (Å²) in [6.07, 6.45) is -4.55. The first-order valence-corrected chi connectivity index (χ1v) is 19.2. The van der Waals surface area contributed by atoms with Crippen molar-refractivity contribution in [2.24, 2.45) is 29.4 Å². The fourth-order valence-electron chi connectivity index (χ4n) is 8.96. The van der Waals surface area contributed by atoms with Crippen molar-refractivity contribution >= 4 is 5.97 Å². The number of nitrogens with two attached hydrogens (primary N) is 1. The summed E-state index contributed by atoms with van der Waals surface area (Å²) in [6, 6.07) is -0.806. The number of ether oxygens (including phenoxy) is 5. The van der Waals surface area contributed by atoms with Crippen LogP contribution in [0.3, 0.4) is 0 Å². The molecule has 3 rings (SSSR count). The summed E-state index contributed by atoms with van der Waals surface area (Å²) in [5.74, 6) is -2.36. The number of hydrogen-bond donors (Lipinski definition) is 6. The standard InChI is InChI=1S/C38H73N3O10/c1-14-28-38(10,46)33(43)21(3)19-41(12)22(4)17-36(8,45)34(49-27-16-20(2)15-26(40-11)30(27)42)23(5)31(24(6)35(44)50-28)51-29-18-37(9,47-13)32(39)25(7)48-29/h20-34,40,42-43,45-46H,14-19,39H2,1-13H3/t20-,21-,22-,23+,24-,25+,26+,27?,28+,29+,30-,31+,32?,33-,34-,36?,37-,38-/m1/s1. The maximum atomic E-state index is 14.2. The molecule has 2 saturated heterocycles. The molecule has 7 N–H and O–H groups in total. The van der Waals surface area contributed by atoms with Crippen molar-refractivity contribution in [1.29, 1.82) is 0 Å². The third kappa shape index (κ3) is 10.0. The van der Waals surface area contributed by atoms with Crippen LogP contribution in [0.5, 0.6) is 0 Å². The van der Waals surface area contributed by atoms with Crippen molar-refractivity contribution in [3.05, 3.63) is 0 Å². The third-order valence-corrected chi connectivity index (χ3v) is 12.6. The van der Waals surface area contributed by atoms with Crippen LogP contribution in [0.2, 0.25) is 0 Å². The lowest BCUT2D eigenvalue weighted by atomic mass is 9.77. The zero-order chi connectivity index (χ0) is 38.8. The topological polar surface area (TPSA) is 185 Å². The Morgan fingerprint density at radius 2 is 1.65 bits per heavy atom. The van der Waals surface area contributed by atoms with E-state index in [1.165, 1.54) is 6.92 Å². The van der Waals surface area contributed by atoms with E-state index in [9.17, 15) is 25.2 Å². The molecule has 0 aromatic rings. The Morgan fingerprint density at radius 1 is 1.02 bits per heavy atom. The summed E-state index contributed by atoms with van der Waals surface area (Å²) >= 11 is 0. The van der Waals surface area contributed by atoms with E-state index >= 15 is 0 Å². The zero-order valence-corrected chi connectivity index (χ0v) is 33.7. The average molecular weight is 732 g/mol. The fourth-order valence-corrected chi connectivity index (χ4v) is 8.96. The van der Waals surface area contributed by atoms with Gasteiger partial charge in [0, 0.05) is 38.1 Å². The lowest BCUT2D eigenvalue weighted by Gasteiger charge is -2.49. The Morgan fingerprint density at radius 3 is 2.22 bits per heavy atom. The number of aliphatic hydroxyl groups is 4. The van der Waals surface area contributed by atoms with E-state index in [-0.39, 0.29) is 37.3 Å². The summed E-state index contributed by atoms with van der Waals surface area (Å²) in [5, 5.41) is 50.4. The normalized spacial score (nSPS) is 50.2. The number of rotatable bonds is 7. The van der Waals surface area contributed by atoms with Crippen molar-refractivity contribution in [3.63, 3.8) is 0 Å². The predicted octanol–water partition coefficient (Wildman–Crippen LogP) is 2.19. The number of nitrogens with one attached hydrogen (secondary N) is 1. The third-order valence-electron chi connectivity index (χ3n) is 12.6. The van der Waals surface area contributed by atoms with Crippen molar-refractivity contribution in [2.45, 2.75) is 185 Å². The molecular weight excluding hydrogens is 658 g/mol. The van der Waals surface area contributed by atoms with Gasteiger partial charge in [-0.2, -0.15) is 0 Å². The lowest BCUT2D eigenvalue weighted by molar-refractivity contribution is -0.281. The molecule has 300 valence electrons. The fraction of sp³-hybridized carbons (Fsp3) is 0.974. The minimum Gasteiger partial charge on any atom is -0.459 e. The van der Waals surface area contributed by atoms with E-state index in [4.69, 9.17) is 29.4 Å². The summed E-state index contributed by atoms with van der Waals surface area (Å²) in [6.45, 7) is 18.8. The number of carbonyl (C=O) groups excluding carboxylic acids is 1. The van der Waals surface area contributed by atoms with Crippen LogP contribution in [-0.2, 0) is 28.5 Å². The summed E-state index contributed by atoms with van der Waals surface area (Å²) in [7, 11) is 5.34. The van der Waals surface area contributed by atoms with Crippen LogP contribution in [0, 0.1) is 23.7 Å². The molecule has 0 aromatic carbocycles. The second kappa shape index (κ2) is 17.7. The SMILES string of the molecule is CC[C@@H]1OC(=O)[C@H](C)[C@@H](O[C@H]2C[C@@](C)(OC)C(N)[C@H](C)O2)[C@H](C)[C@@H](OC2C[C@H](C)C[C@H](NC)[C@H]2O)C(C)(O)C[C@@H](C)N(C)C[C@@H](C)[C@@H](O)[C@]1(C)O. The summed E-state index contributed by atoms with van der Waals surface area (Å²) in [5.41, 5.74) is 2.50. The highest BCUT2D eigenvalue weighted by Gasteiger charge is 2.52. The van der Waals surface area contributed by atoms with E-state index in [2.05, 4.69) is 12.2 Å². The van der Waals surface area contributed by atoms with Gasteiger partial charge in [-0.1, -0.05) is 27.7 Å². The van der Waals surface area contributed by atoms with Crippen LogP contribution in [0.25, 0.3) is 0 Å². The minimum absolute atomic E-state index is 0.188. The number of nitrogens with zero attached hydrogens (tertiary/aromatic N) is 1. The Labute approximate surface area is 307 Å². The van der Waals surface area contributed by atoms with Crippen molar-refractivity contribution in [1.82, 2.24) is 10.2 Å². The highest BCUT2D eigenvalue weighted by Crippen LogP contribution is 2.40. The van der Waals surface area contributed by atoms with Gasteiger partial charge in [0.2, 0.25) is 0 Å². The second-order valence-corrected chi connectivity index (χ2v) is 17.2. The van der Waals surface area contributed by atoms with Crippen molar-refractivity contribution < 1.29 is 48.9 Å². The number of methoxy groups -OCH3 is 1. The van der Waals surface area contributed by atoms with Gasteiger partial charge in [0.05, 0.1) is 59.8 Å². The molecule has 2 heterocycles. The maximum Gasteiger partial charge on any atom is 0.311 e. The maximum absolute atomic E-state index is 14.2. The Kier molecular flexibility index (Phi) is 15.4. The Hall–Kier alpha value is -0.970. The molecular formula is C38H73N3O10. The molecule has 3 fully saturated rings. The van der Waals surface area contributed by atoms with Gasteiger partial charge in [0.25, 0.3) is 0 Å². The molecule has 3 aliphatic rings. The minimum atomic E-state index is -1.75. The molecule has 0 aromatic heterocycles. The first kappa shape index (κ1) is 44.4. The number of hydrogen-bond acceptors (Lipinski definition) is 13. The number of carbonyl (C=O) groups is 1. The summed E-state index contributed by atoms with van der Waals surface area (Å²) < 4.78 is 31.9. The van der Waals surface area contributed by atoms with Crippen LogP contribution >= 0.6 is 0 Å². The quantitative estimate of drug-likeness (QED) is 0.210. The van der Waals surface area contributed by atoms with E-state index in [1.807, 2.05) is 53.6 Å². The van der Waals surface area contributed by atoms with Gasteiger partial charge >= 0.3 is 5.97 Å². The zero-order valence-electron chi connectivity index (χ0n) is 33.7. The van der Waals surface area contributed by atoms with Gasteiger partial charge in [-0.05, 0) is 93.2 Å². The molecule has 0 bridgehead atoms. The molecule has 1 aliphatic carbocycles. The van der Waals surface area contributed by atoms with E-state index in [0.717, 1.165) is 6.42 Å². The van der Waals surface area contributed by atoms with Crippen LogP contribution in [0.15, 0.2) is 0 Å². The molecule has 3 unspecified atom stereocenters. The molecule has 0 spiro atoms. The van der Waals surface area contributed by atoms with Crippen LogP contribution in [-0.4, -0.2) is 143 Å². The molecule has 51 heavy (non-hydrogen) atoms. The smallest absolute Gasteiger partial charge is 0.311 e. The number of aliphatic hydroxyl groups excluding tert-OH is 2. The molecule has 18 atom stereocenters. The Balaban J connectivity index is 2.17. The molecule has 13 heteroatoms. The highest BCUT2D eigenvalue weighted by molar-refractivity contribution is 5.73. The highest BCUT2D eigenvalue weighted by atomic mass is 16.7. The second-order valence-electron chi connectivity index (χ2n) is 17.2. The van der Waals surface area contributed by atoms with Crippen LogP contribution in [0.1, 0.15) is 101 Å². The average Bonchev–Trinajstić information content (AvgIpc) is 3.06. The van der Waals surface area contributed by atoms with Gasteiger partial charge in [-0.25, -0.2) is 0 Å². The molecule has 0 radical (unpaired) electrons. The lowest BCUT2D eigenvalue weighted by Crippen LogP contribution is -2.62. The number of esters is 1. The number of likely N-dealkylation sites (N-methyl/N-ethyl adjacent to an activating group) is 1. The van der Waals surface area contributed by atoms with Crippen LogP contribution in [0.4, 0.5) is 0 Å². The van der Waals surface area contributed by atoms with Gasteiger partial charge in [0.1, 0.15) is 11.7 Å². The Bertz CT molecular complexity index is 1110. The van der Waals surface area contributed by atoms with Crippen molar-refractivity contribution in [3.8, 4) is 0 Å². The first-order chi connectivity index (χ1) is 23.5. The van der Waals surface area contributed by atoms with Gasteiger partial charge < -0.3 is 60.1 Å². The van der Waals surface area contributed by atoms with E-state index < -0.39 is 95.6 Å². The number of cyclic esters (lactones) is 1. The van der Waals surface area contributed by atoms with E-state index in [0.29, 0.717) is 13.0 Å². The van der Waals surface area contributed by atoms with E-state index in [1.54, 1.807) is 27.9 Å². The monoisotopic (exact) mass is 732 g/mol. The van der Waals surface area contributed by atoms with Crippen molar-refractivity contribution in [2.75, 3.05) is 27.7 Å². The van der Waals surface area contributed by atoms with Gasteiger partial charge in [-0.15, -0.1) is 0 Å². The first-order valence-electron chi connectivity index (χ1n) is 19.2. The molecule has 1 saturated carbocycles. The van der Waals surface area contributed by atoms with Gasteiger partial charge in [0.15, 0.2) is 6.29 Å². The predicted molar refractivity (Wildman–Crippen MR) is 195 cm³/mol. The van der Waals surface area contributed by atoms with Gasteiger partial charge in [-0.3, -0.25) is 4.79 Å². The summed E-state index contributed by atoms with van der Waals surface area (Å²) in [4.78, 5) is 16.2. The van der Waals surface area contributed by atoms with Crippen LogP contribution < -0.4 is 11.1 Å². The molecule has 2 aliphatic heterocycles. The molecule has 13 nitrogen and oxygen atoms in total.